The lowest BCUT2D eigenvalue weighted by atomic mass is 10.1. The molecule has 0 amide bonds. The van der Waals surface area contributed by atoms with Gasteiger partial charge in [-0.05, 0) is 12.0 Å². The number of aromatic nitrogens is 2. The van der Waals surface area contributed by atoms with Crippen molar-refractivity contribution in [1.82, 2.24) is 10.2 Å². The topological polar surface area (TPSA) is 58.1 Å². The van der Waals surface area contributed by atoms with Crippen molar-refractivity contribution in [1.29, 1.82) is 0 Å². The second-order valence-corrected chi connectivity index (χ2v) is 2.97. The monoisotopic (exact) mass is 187 g/mol. The number of hydrogen-bond acceptors (Lipinski definition) is 3. The normalized spacial score (nSPS) is 10.0. The summed E-state index contributed by atoms with van der Waals surface area (Å²) in [7, 11) is 0. The van der Waals surface area contributed by atoms with Gasteiger partial charge in [0.25, 0.3) is 0 Å². The highest BCUT2D eigenvalue weighted by atomic mass is 16.1. The molecule has 0 bridgehead atoms. The van der Waals surface area contributed by atoms with E-state index in [0.29, 0.717) is 6.54 Å². The lowest BCUT2D eigenvalue weighted by molar-refractivity contribution is 0.563. The number of H-pyrrole nitrogens is 1. The summed E-state index contributed by atoms with van der Waals surface area (Å²) in [5, 5.41) is 7.96. The molecule has 2 rings (SSSR count). The Morgan fingerprint density at radius 1 is 1.50 bits per heavy atom. The third-order valence-corrected chi connectivity index (χ3v) is 2.12. The van der Waals surface area contributed by atoms with Crippen LogP contribution in [0, 0.1) is 0 Å². The molecule has 0 fully saturated rings. The average molecular weight is 187 g/mol. The molecular weight excluding hydrogens is 178 g/mol. The first kappa shape index (κ1) is 8.66. The zero-order valence-corrected chi connectivity index (χ0v) is 7.53. The molecule has 14 heavy (non-hydrogen) atoms. The van der Waals surface area contributed by atoms with Gasteiger partial charge in [-0.15, -0.1) is 0 Å². The lowest BCUT2D eigenvalue weighted by Crippen LogP contribution is -1.90. The zero-order chi connectivity index (χ0) is 9.80. The maximum Gasteiger partial charge on any atom is 0.234 e. The SMILES string of the molecule is O=C=NCCc1cccc2cn[nH]c12. The number of aliphatic imine (C=N–C) groups is 1. The van der Waals surface area contributed by atoms with Crippen LogP contribution in [-0.2, 0) is 11.2 Å². The molecule has 4 nitrogen and oxygen atoms in total. The van der Waals surface area contributed by atoms with Gasteiger partial charge in [-0.3, -0.25) is 5.10 Å². The molecule has 1 aromatic heterocycles. The van der Waals surface area contributed by atoms with E-state index in [1.165, 1.54) is 6.08 Å². The van der Waals surface area contributed by atoms with Crippen LogP contribution < -0.4 is 0 Å². The molecule has 0 aliphatic rings. The first-order chi connectivity index (χ1) is 6.92. The molecule has 0 saturated heterocycles. The van der Waals surface area contributed by atoms with Crippen LogP contribution in [0.1, 0.15) is 5.56 Å². The predicted molar refractivity (Wildman–Crippen MR) is 52.8 cm³/mol. The smallest absolute Gasteiger partial charge is 0.234 e. The van der Waals surface area contributed by atoms with Crippen molar-refractivity contribution < 1.29 is 4.79 Å². The van der Waals surface area contributed by atoms with E-state index < -0.39 is 0 Å². The summed E-state index contributed by atoms with van der Waals surface area (Å²) in [6.45, 7) is 0.474. The largest absolute Gasteiger partial charge is 0.278 e. The summed E-state index contributed by atoms with van der Waals surface area (Å²) in [6.07, 6.45) is 4.04. The minimum absolute atomic E-state index is 0.474. The van der Waals surface area contributed by atoms with Crippen molar-refractivity contribution in [2.45, 2.75) is 6.42 Å². The van der Waals surface area contributed by atoms with Gasteiger partial charge >= 0.3 is 0 Å². The first-order valence-electron chi connectivity index (χ1n) is 4.36. The Kier molecular flexibility index (Phi) is 2.38. The molecule has 0 atom stereocenters. The van der Waals surface area contributed by atoms with Crippen molar-refractivity contribution in [2.75, 3.05) is 6.54 Å². The summed E-state index contributed by atoms with van der Waals surface area (Å²) in [5.74, 6) is 0. The van der Waals surface area contributed by atoms with Gasteiger partial charge in [-0.2, -0.15) is 5.10 Å². The summed E-state index contributed by atoms with van der Waals surface area (Å²) < 4.78 is 0. The molecule has 1 aromatic carbocycles. The molecule has 0 spiro atoms. The van der Waals surface area contributed by atoms with E-state index in [1.807, 2.05) is 18.2 Å². The number of carbonyl (C=O) groups excluding carboxylic acids is 1. The van der Waals surface area contributed by atoms with E-state index in [2.05, 4.69) is 15.2 Å². The fraction of sp³-hybridized carbons (Fsp3) is 0.200. The maximum atomic E-state index is 9.90. The van der Waals surface area contributed by atoms with E-state index in [1.54, 1.807) is 6.20 Å². The van der Waals surface area contributed by atoms with Crippen molar-refractivity contribution in [3.63, 3.8) is 0 Å². The maximum absolute atomic E-state index is 9.90. The second-order valence-electron chi connectivity index (χ2n) is 2.97. The molecule has 0 aliphatic carbocycles. The van der Waals surface area contributed by atoms with Crippen molar-refractivity contribution >= 4 is 17.0 Å². The van der Waals surface area contributed by atoms with E-state index in [-0.39, 0.29) is 0 Å². The Labute approximate surface area is 80.7 Å². The van der Waals surface area contributed by atoms with E-state index in [9.17, 15) is 4.79 Å². The van der Waals surface area contributed by atoms with Gasteiger partial charge in [0.1, 0.15) is 0 Å². The van der Waals surface area contributed by atoms with Gasteiger partial charge < -0.3 is 0 Å². The third-order valence-electron chi connectivity index (χ3n) is 2.12. The Hall–Kier alpha value is -1.93. The molecule has 0 unspecified atom stereocenters. The molecule has 70 valence electrons. The van der Waals surface area contributed by atoms with Crippen molar-refractivity contribution in [3.05, 3.63) is 30.0 Å². The van der Waals surface area contributed by atoms with Gasteiger partial charge in [-0.25, -0.2) is 9.79 Å². The third kappa shape index (κ3) is 1.56. The second kappa shape index (κ2) is 3.85. The molecule has 0 aliphatic heterocycles. The number of nitrogens with zero attached hydrogens (tertiary/aromatic N) is 2. The van der Waals surface area contributed by atoms with Gasteiger partial charge in [0.05, 0.1) is 18.3 Å². The molecular formula is C10H9N3O. The molecule has 0 radical (unpaired) electrons. The van der Waals surface area contributed by atoms with Crippen LogP contribution >= 0.6 is 0 Å². The summed E-state index contributed by atoms with van der Waals surface area (Å²) in [6, 6.07) is 5.96. The van der Waals surface area contributed by atoms with Crippen molar-refractivity contribution in [3.8, 4) is 0 Å². The van der Waals surface area contributed by atoms with Crippen LogP contribution in [0.15, 0.2) is 29.4 Å². The summed E-state index contributed by atoms with van der Waals surface area (Å²) >= 11 is 0. The number of aromatic amines is 1. The minimum atomic E-state index is 0.474. The Morgan fingerprint density at radius 2 is 2.43 bits per heavy atom. The van der Waals surface area contributed by atoms with Crippen LogP contribution in [-0.4, -0.2) is 22.8 Å². The lowest BCUT2D eigenvalue weighted by Gasteiger charge is -1.98. The van der Waals surface area contributed by atoms with E-state index in [0.717, 1.165) is 22.9 Å². The van der Waals surface area contributed by atoms with Crippen LogP contribution in [0.4, 0.5) is 0 Å². The van der Waals surface area contributed by atoms with Crippen LogP contribution in [0.2, 0.25) is 0 Å². The Morgan fingerprint density at radius 3 is 3.29 bits per heavy atom. The highest BCUT2D eigenvalue weighted by molar-refractivity contribution is 5.81. The standard InChI is InChI=1S/C10H9N3O/c14-7-11-5-4-8-2-1-3-9-6-12-13-10(8)9/h1-3,6H,4-5H2,(H,12,13). The van der Waals surface area contributed by atoms with Crippen LogP contribution in [0.3, 0.4) is 0 Å². The predicted octanol–water partition coefficient (Wildman–Crippen LogP) is 1.44. The highest BCUT2D eigenvalue weighted by Gasteiger charge is 2.01. The summed E-state index contributed by atoms with van der Waals surface area (Å²) in [5.41, 5.74) is 2.15. The quantitative estimate of drug-likeness (QED) is 0.583. The van der Waals surface area contributed by atoms with Crippen molar-refractivity contribution in [2.24, 2.45) is 4.99 Å². The number of nitrogens with one attached hydrogen (secondary N) is 1. The fourth-order valence-corrected chi connectivity index (χ4v) is 1.46. The molecule has 1 heterocycles. The fourth-order valence-electron chi connectivity index (χ4n) is 1.46. The van der Waals surface area contributed by atoms with Gasteiger partial charge in [0, 0.05) is 5.39 Å². The minimum Gasteiger partial charge on any atom is -0.278 e. The Bertz CT molecular complexity index is 483. The number of hydrogen-bond donors (Lipinski definition) is 1. The van der Waals surface area contributed by atoms with Crippen LogP contribution in [0.25, 0.3) is 10.9 Å². The van der Waals surface area contributed by atoms with E-state index in [4.69, 9.17) is 0 Å². The van der Waals surface area contributed by atoms with Gasteiger partial charge in [0.2, 0.25) is 6.08 Å². The van der Waals surface area contributed by atoms with Crippen LogP contribution in [0.5, 0.6) is 0 Å². The molecule has 4 heteroatoms. The number of rotatable bonds is 3. The molecule has 2 aromatic rings. The van der Waals surface area contributed by atoms with Gasteiger partial charge in [-0.1, -0.05) is 18.2 Å². The molecule has 1 N–H and O–H groups in total. The Balaban J connectivity index is 2.31. The molecule has 0 saturated carbocycles. The number of fused-ring (bicyclic) bond motifs is 1. The van der Waals surface area contributed by atoms with Gasteiger partial charge in [0.15, 0.2) is 0 Å². The number of isocyanates is 1. The number of benzene rings is 1. The number of para-hydroxylation sites is 1. The highest BCUT2D eigenvalue weighted by Crippen LogP contribution is 2.15. The average Bonchev–Trinajstić information content (AvgIpc) is 2.67. The van der Waals surface area contributed by atoms with E-state index >= 15 is 0 Å². The summed E-state index contributed by atoms with van der Waals surface area (Å²) in [4.78, 5) is 13.4. The first-order valence-corrected chi connectivity index (χ1v) is 4.36. The zero-order valence-electron chi connectivity index (χ0n) is 7.53.